The van der Waals surface area contributed by atoms with Crippen molar-refractivity contribution in [2.24, 2.45) is 0 Å². The number of carbonyl (C=O) groups excluding carboxylic acids is 1. The number of benzene rings is 2. The highest BCUT2D eigenvalue weighted by Crippen LogP contribution is 2.34. The molecule has 1 amide bonds. The molecule has 0 bridgehead atoms. The smallest absolute Gasteiger partial charge is 0.416 e. The highest BCUT2D eigenvalue weighted by molar-refractivity contribution is 5.97. The maximum atomic E-state index is 12.6. The molecule has 0 saturated carbocycles. The normalized spacial score (nSPS) is 11.0. The number of para-hydroxylation sites is 1. The first-order valence-electron chi connectivity index (χ1n) is 6.40. The molecule has 0 saturated heterocycles. The Labute approximate surface area is 132 Å². The van der Waals surface area contributed by atoms with Crippen LogP contribution >= 0.6 is 0 Å². The first kappa shape index (κ1) is 17.1. The largest absolute Gasteiger partial charge is 0.507 e. The number of alkyl halides is 3. The molecule has 0 aliphatic rings. The van der Waals surface area contributed by atoms with E-state index in [0.717, 1.165) is 6.07 Å². The summed E-state index contributed by atoms with van der Waals surface area (Å²) in [4.78, 5) is 21.8. The van der Waals surface area contributed by atoms with E-state index < -0.39 is 28.3 Å². The molecule has 0 spiro atoms. The fourth-order valence-electron chi connectivity index (χ4n) is 1.82. The van der Waals surface area contributed by atoms with E-state index in [0.29, 0.717) is 12.1 Å². The summed E-state index contributed by atoms with van der Waals surface area (Å²) in [6, 6.07) is 7.35. The van der Waals surface area contributed by atoms with Crippen molar-refractivity contribution in [3.05, 3.63) is 63.7 Å². The van der Waals surface area contributed by atoms with Crippen LogP contribution < -0.4 is 10.9 Å². The number of nitro benzene ring substituents is 1. The molecular weight excluding hydrogens is 331 g/mol. The summed E-state index contributed by atoms with van der Waals surface area (Å²) < 4.78 is 37.8. The van der Waals surface area contributed by atoms with Gasteiger partial charge < -0.3 is 5.11 Å². The number of halogens is 3. The van der Waals surface area contributed by atoms with Crippen LogP contribution in [0.3, 0.4) is 0 Å². The quantitative estimate of drug-likeness (QED) is 0.585. The summed E-state index contributed by atoms with van der Waals surface area (Å²) >= 11 is 0. The molecule has 3 N–H and O–H groups in total. The van der Waals surface area contributed by atoms with Crippen LogP contribution in [0.25, 0.3) is 0 Å². The van der Waals surface area contributed by atoms with Gasteiger partial charge in [-0.05, 0) is 24.3 Å². The van der Waals surface area contributed by atoms with Gasteiger partial charge in [0.1, 0.15) is 11.4 Å². The fourth-order valence-corrected chi connectivity index (χ4v) is 1.82. The van der Waals surface area contributed by atoms with Crippen LogP contribution in [-0.4, -0.2) is 15.9 Å². The molecule has 0 aliphatic heterocycles. The van der Waals surface area contributed by atoms with E-state index in [2.05, 4.69) is 10.9 Å². The minimum Gasteiger partial charge on any atom is -0.507 e. The second-order valence-corrected chi connectivity index (χ2v) is 4.58. The Morgan fingerprint density at radius 1 is 1.17 bits per heavy atom. The van der Waals surface area contributed by atoms with Gasteiger partial charge in [0, 0.05) is 6.07 Å². The Bertz CT molecular complexity index is 793. The zero-order valence-electron chi connectivity index (χ0n) is 11.8. The van der Waals surface area contributed by atoms with Gasteiger partial charge in [0.25, 0.3) is 11.6 Å². The van der Waals surface area contributed by atoms with Crippen LogP contribution in [0.2, 0.25) is 0 Å². The molecule has 2 rings (SSSR count). The molecule has 10 heteroatoms. The lowest BCUT2D eigenvalue weighted by molar-refractivity contribution is -0.384. The number of hydrogen-bond acceptors (Lipinski definition) is 5. The number of anilines is 1. The molecule has 2 aromatic carbocycles. The lowest BCUT2D eigenvalue weighted by Crippen LogP contribution is -2.29. The Balaban J connectivity index is 2.22. The van der Waals surface area contributed by atoms with Crippen LogP contribution in [0, 0.1) is 10.1 Å². The molecular formula is C14H10F3N3O4. The Morgan fingerprint density at radius 3 is 2.42 bits per heavy atom. The predicted molar refractivity (Wildman–Crippen MR) is 77.3 cm³/mol. The van der Waals surface area contributed by atoms with Gasteiger partial charge in [-0.25, -0.2) is 0 Å². The summed E-state index contributed by atoms with van der Waals surface area (Å²) in [6.07, 6.45) is -4.73. The molecule has 0 aliphatic carbocycles. The zero-order valence-corrected chi connectivity index (χ0v) is 11.8. The number of phenolic OH excluding ortho intramolecular Hbond substituents is 1. The average molecular weight is 341 g/mol. The van der Waals surface area contributed by atoms with Gasteiger partial charge in [0.2, 0.25) is 0 Å². The number of nitrogens with one attached hydrogen (secondary N) is 2. The minimum absolute atomic E-state index is 0.112. The molecule has 7 nitrogen and oxygen atoms in total. The van der Waals surface area contributed by atoms with Crippen molar-refractivity contribution in [2.75, 3.05) is 5.43 Å². The summed E-state index contributed by atoms with van der Waals surface area (Å²) in [7, 11) is 0. The summed E-state index contributed by atoms with van der Waals surface area (Å²) in [6.45, 7) is 0. The van der Waals surface area contributed by atoms with Gasteiger partial charge in [-0.2, -0.15) is 13.2 Å². The highest BCUT2D eigenvalue weighted by Gasteiger charge is 2.33. The monoisotopic (exact) mass is 341 g/mol. The Morgan fingerprint density at radius 2 is 1.83 bits per heavy atom. The maximum Gasteiger partial charge on any atom is 0.416 e. The third kappa shape index (κ3) is 3.72. The fraction of sp³-hybridized carbons (Fsp3) is 0.0714. The number of amides is 1. The lowest BCUT2D eigenvalue weighted by atomic mass is 10.1. The van der Waals surface area contributed by atoms with E-state index >= 15 is 0 Å². The van der Waals surface area contributed by atoms with Gasteiger partial charge in [-0.1, -0.05) is 12.1 Å². The second kappa shape index (κ2) is 6.44. The highest BCUT2D eigenvalue weighted by atomic mass is 19.4. The van der Waals surface area contributed by atoms with Crippen molar-refractivity contribution in [3.8, 4) is 5.75 Å². The molecule has 2 aromatic rings. The van der Waals surface area contributed by atoms with Crippen molar-refractivity contribution in [1.29, 1.82) is 0 Å². The number of nitrogens with zero attached hydrogens (tertiary/aromatic N) is 1. The van der Waals surface area contributed by atoms with Gasteiger partial charge in [0.05, 0.1) is 16.1 Å². The number of hydrogen-bond donors (Lipinski definition) is 3. The summed E-state index contributed by atoms with van der Waals surface area (Å²) in [5.74, 6) is -1.14. The van der Waals surface area contributed by atoms with Crippen molar-refractivity contribution >= 4 is 17.3 Å². The lowest BCUT2D eigenvalue weighted by Gasteiger charge is -2.12. The van der Waals surface area contributed by atoms with E-state index in [1.54, 1.807) is 0 Å². The Kier molecular flexibility index (Phi) is 4.58. The number of carbonyl (C=O) groups is 1. The summed E-state index contributed by atoms with van der Waals surface area (Å²) in [5.41, 5.74) is 1.76. The first-order chi connectivity index (χ1) is 11.2. The number of phenols is 1. The molecule has 24 heavy (non-hydrogen) atoms. The molecule has 0 radical (unpaired) electrons. The van der Waals surface area contributed by atoms with Gasteiger partial charge in [0.15, 0.2) is 0 Å². The Hall–Kier alpha value is -3.30. The van der Waals surface area contributed by atoms with Gasteiger partial charge in [-0.15, -0.1) is 0 Å². The average Bonchev–Trinajstić information content (AvgIpc) is 2.51. The molecule has 0 unspecified atom stereocenters. The molecule has 0 fully saturated rings. The molecule has 0 aromatic heterocycles. The number of nitro groups is 1. The standard InChI is InChI=1S/C14H10F3N3O4/c15-14(16,17)8-5-6-10(11(7-8)20(23)24)18-19-13(22)9-3-1-2-4-12(9)21/h1-7,18,21H,(H,19,22). The first-order valence-corrected chi connectivity index (χ1v) is 6.40. The molecule has 0 atom stereocenters. The maximum absolute atomic E-state index is 12.6. The van der Waals surface area contributed by atoms with E-state index in [1.807, 2.05) is 0 Å². The second-order valence-electron chi connectivity index (χ2n) is 4.58. The van der Waals surface area contributed by atoms with Crippen LogP contribution in [-0.2, 0) is 6.18 Å². The third-order valence-corrected chi connectivity index (χ3v) is 2.98. The van der Waals surface area contributed by atoms with E-state index in [9.17, 15) is 33.2 Å². The molecule has 0 heterocycles. The van der Waals surface area contributed by atoms with Gasteiger partial charge in [-0.3, -0.25) is 25.8 Å². The van der Waals surface area contributed by atoms with Crippen LogP contribution in [0.5, 0.6) is 5.75 Å². The summed E-state index contributed by atoms with van der Waals surface area (Å²) in [5, 5.41) is 20.4. The van der Waals surface area contributed by atoms with Gasteiger partial charge >= 0.3 is 6.18 Å². The van der Waals surface area contributed by atoms with Crippen LogP contribution in [0.15, 0.2) is 42.5 Å². The van der Waals surface area contributed by atoms with E-state index in [4.69, 9.17) is 0 Å². The van der Waals surface area contributed by atoms with Crippen LogP contribution in [0.4, 0.5) is 24.5 Å². The van der Waals surface area contributed by atoms with E-state index in [1.165, 1.54) is 24.3 Å². The number of rotatable bonds is 4. The van der Waals surface area contributed by atoms with Crippen molar-refractivity contribution in [3.63, 3.8) is 0 Å². The van der Waals surface area contributed by atoms with Crippen LogP contribution in [0.1, 0.15) is 15.9 Å². The number of aromatic hydroxyl groups is 1. The zero-order chi connectivity index (χ0) is 17.9. The van der Waals surface area contributed by atoms with Crippen molar-refractivity contribution in [1.82, 2.24) is 5.43 Å². The minimum atomic E-state index is -4.73. The SMILES string of the molecule is O=C(NNc1ccc(C(F)(F)F)cc1[N+](=O)[O-])c1ccccc1O. The van der Waals surface area contributed by atoms with Crippen molar-refractivity contribution in [2.45, 2.75) is 6.18 Å². The van der Waals surface area contributed by atoms with Crippen molar-refractivity contribution < 1.29 is 28.0 Å². The predicted octanol–water partition coefficient (Wildman–Crippen LogP) is 3.08. The third-order valence-electron chi connectivity index (χ3n) is 2.98. The van der Waals surface area contributed by atoms with E-state index in [-0.39, 0.29) is 17.0 Å². The topological polar surface area (TPSA) is 104 Å². The number of hydrazine groups is 1. The molecule has 126 valence electrons.